The van der Waals surface area contributed by atoms with E-state index in [9.17, 15) is 0 Å². The van der Waals surface area contributed by atoms with Crippen LogP contribution in [0.5, 0.6) is 0 Å². The van der Waals surface area contributed by atoms with Crippen molar-refractivity contribution in [2.75, 3.05) is 7.05 Å². The van der Waals surface area contributed by atoms with Crippen LogP contribution in [-0.2, 0) is 0 Å². The molecule has 0 spiro atoms. The molecule has 1 unspecified atom stereocenters. The van der Waals surface area contributed by atoms with Gasteiger partial charge in [0, 0.05) is 4.88 Å². The summed E-state index contributed by atoms with van der Waals surface area (Å²) in [5.74, 6) is 0. The average molecular weight is 156 g/mol. The molecular weight excluding hydrogens is 144 g/mol. The lowest BCUT2D eigenvalue weighted by molar-refractivity contribution is 0.630. The second-order valence-electron chi connectivity index (χ2n) is 2.23. The monoisotopic (exact) mass is 156 g/mol. The van der Waals surface area contributed by atoms with Gasteiger partial charge in [0.1, 0.15) is 0 Å². The van der Waals surface area contributed by atoms with Gasteiger partial charge in [-0.25, -0.2) is 0 Å². The van der Waals surface area contributed by atoms with Crippen LogP contribution < -0.4 is 11.1 Å². The minimum absolute atomic E-state index is 0.000000000000000444. The van der Waals surface area contributed by atoms with Crippen molar-refractivity contribution in [3.05, 3.63) is 21.9 Å². The maximum Gasteiger partial charge on any atom is 0.0905 e. The van der Waals surface area contributed by atoms with Gasteiger partial charge >= 0.3 is 0 Å². The van der Waals surface area contributed by atoms with Crippen LogP contribution in [0.4, 0.5) is 0 Å². The van der Waals surface area contributed by atoms with E-state index in [1.54, 1.807) is 11.3 Å². The molecule has 0 amide bonds. The van der Waals surface area contributed by atoms with E-state index in [2.05, 4.69) is 23.7 Å². The summed E-state index contributed by atoms with van der Waals surface area (Å²) < 4.78 is 0. The molecule has 1 atom stereocenters. The number of rotatable bonds is 2. The maximum absolute atomic E-state index is 5.74. The van der Waals surface area contributed by atoms with Crippen LogP contribution >= 0.6 is 11.3 Å². The number of nitrogens with one attached hydrogen (secondary N) is 1. The van der Waals surface area contributed by atoms with Gasteiger partial charge in [0.15, 0.2) is 0 Å². The molecule has 0 radical (unpaired) electrons. The van der Waals surface area contributed by atoms with Gasteiger partial charge in [-0.05, 0) is 31.0 Å². The van der Waals surface area contributed by atoms with Crippen molar-refractivity contribution < 1.29 is 0 Å². The third-order valence-electron chi connectivity index (χ3n) is 1.50. The van der Waals surface area contributed by atoms with E-state index in [-0.39, 0.29) is 6.17 Å². The zero-order valence-electron chi connectivity index (χ0n) is 6.22. The van der Waals surface area contributed by atoms with Gasteiger partial charge in [0.05, 0.1) is 6.17 Å². The third kappa shape index (κ3) is 1.37. The average Bonchev–Trinajstić information content (AvgIpc) is 2.34. The highest BCUT2D eigenvalue weighted by atomic mass is 32.1. The molecule has 1 heterocycles. The van der Waals surface area contributed by atoms with Crippen molar-refractivity contribution in [3.8, 4) is 0 Å². The number of nitrogens with two attached hydrogens (primary N) is 1. The summed E-state index contributed by atoms with van der Waals surface area (Å²) >= 11 is 1.69. The molecule has 0 bridgehead atoms. The van der Waals surface area contributed by atoms with E-state index in [0.29, 0.717) is 0 Å². The van der Waals surface area contributed by atoms with Crippen LogP contribution in [0.1, 0.15) is 16.6 Å². The predicted octanol–water partition coefficient (Wildman–Crippen LogP) is 1.23. The van der Waals surface area contributed by atoms with Crippen molar-refractivity contribution in [2.45, 2.75) is 13.1 Å². The second-order valence-corrected chi connectivity index (χ2v) is 3.18. The number of aryl methyl sites for hydroxylation is 1. The van der Waals surface area contributed by atoms with E-state index in [1.165, 1.54) is 10.4 Å². The highest BCUT2D eigenvalue weighted by Crippen LogP contribution is 2.19. The Hall–Kier alpha value is -0.380. The Morgan fingerprint density at radius 3 is 2.80 bits per heavy atom. The van der Waals surface area contributed by atoms with Crippen LogP contribution in [0.3, 0.4) is 0 Å². The van der Waals surface area contributed by atoms with Crippen molar-refractivity contribution >= 4 is 11.3 Å². The van der Waals surface area contributed by atoms with Gasteiger partial charge in [0.25, 0.3) is 0 Å². The lowest BCUT2D eigenvalue weighted by Crippen LogP contribution is -2.24. The summed E-state index contributed by atoms with van der Waals surface area (Å²) in [6.07, 6.45) is -0.000000000000000444. The minimum atomic E-state index is -0.000000000000000444. The molecule has 1 aromatic heterocycles. The molecule has 10 heavy (non-hydrogen) atoms. The quantitative estimate of drug-likeness (QED) is 0.632. The highest BCUT2D eigenvalue weighted by Gasteiger charge is 2.05. The van der Waals surface area contributed by atoms with E-state index in [0.717, 1.165) is 0 Å². The first-order valence-electron chi connectivity index (χ1n) is 3.22. The summed E-state index contributed by atoms with van der Waals surface area (Å²) in [6.45, 7) is 2.07. The van der Waals surface area contributed by atoms with Gasteiger partial charge in [-0.2, -0.15) is 0 Å². The number of thiophene rings is 1. The summed E-state index contributed by atoms with van der Waals surface area (Å²) in [5, 5.41) is 5.05. The first-order chi connectivity index (χ1) is 4.75. The van der Waals surface area contributed by atoms with Crippen molar-refractivity contribution in [3.63, 3.8) is 0 Å². The van der Waals surface area contributed by atoms with E-state index < -0.39 is 0 Å². The Labute approximate surface area is 65.1 Å². The van der Waals surface area contributed by atoms with Crippen molar-refractivity contribution in [2.24, 2.45) is 5.73 Å². The fourth-order valence-electron chi connectivity index (χ4n) is 0.834. The molecule has 3 heteroatoms. The summed E-state index contributed by atoms with van der Waals surface area (Å²) in [5.41, 5.74) is 7.01. The molecule has 0 aromatic carbocycles. The Kier molecular flexibility index (Phi) is 2.43. The molecule has 0 saturated heterocycles. The largest absolute Gasteiger partial charge is 0.311 e. The summed E-state index contributed by atoms with van der Waals surface area (Å²) in [6, 6.07) is 2.08. The Balaban J connectivity index is 2.82. The van der Waals surface area contributed by atoms with Gasteiger partial charge in [-0.15, -0.1) is 11.3 Å². The van der Waals surface area contributed by atoms with Crippen LogP contribution in [-0.4, -0.2) is 7.05 Å². The molecule has 56 valence electrons. The minimum Gasteiger partial charge on any atom is -0.311 e. The summed E-state index contributed by atoms with van der Waals surface area (Å²) in [4.78, 5) is 1.22. The Bertz CT molecular complexity index is 207. The fourth-order valence-corrected chi connectivity index (χ4v) is 1.77. The zero-order valence-corrected chi connectivity index (χ0v) is 7.03. The molecule has 1 aromatic rings. The van der Waals surface area contributed by atoms with Gasteiger partial charge in [0.2, 0.25) is 0 Å². The van der Waals surface area contributed by atoms with Crippen molar-refractivity contribution in [1.29, 1.82) is 0 Å². The lowest BCUT2D eigenvalue weighted by Gasteiger charge is -2.08. The molecule has 0 aliphatic heterocycles. The number of hydrogen-bond acceptors (Lipinski definition) is 3. The van der Waals surface area contributed by atoms with Gasteiger partial charge < -0.3 is 11.1 Å². The van der Waals surface area contributed by atoms with Gasteiger partial charge in [-0.3, -0.25) is 0 Å². The highest BCUT2D eigenvalue weighted by molar-refractivity contribution is 7.10. The third-order valence-corrected chi connectivity index (χ3v) is 2.60. The van der Waals surface area contributed by atoms with E-state index >= 15 is 0 Å². The zero-order chi connectivity index (χ0) is 7.56. The Morgan fingerprint density at radius 1 is 1.70 bits per heavy atom. The standard InChI is InChI=1S/C7H12N2S/c1-5-3-4-10-6(5)7(8)9-2/h3-4,7,9H,8H2,1-2H3. The molecule has 3 N–H and O–H groups in total. The van der Waals surface area contributed by atoms with Crippen LogP contribution in [0.25, 0.3) is 0 Å². The fraction of sp³-hybridized carbons (Fsp3) is 0.429. The van der Waals surface area contributed by atoms with Crippen LogP contribution in [0.15, 0.2) is 11.4 Å². The van der Waals surface area contributed by atoms with E-state index in [4.69, 9.17) is 5.73 Å². The molecule has 0 aliphatic carbocycles. The first-order valence-corrected chi connectivity index (χ1v) is 4.10. The smallest absolute Gasteiger partial charge is 0.0905 e. The predicted molar refractivity (Wildman–Crippen MR) is 45.0 cm³/mol. The van der Waals surface area contributed by atoms with E-state index in [1.807, 2.05) is 7.05 Å². The molecule has 2 nitrogen and oxygen atoms in total. The lowest BCUT2D eigenvalue weighted by atomic mass is 10.2. The summed E-state index contributed by atoms with van der Waals surface area (Å²) in [7, 11) is 1.86. The molecule has 0 aliphatic rings. The van der Waals surface area contributed by atoms with Crippen LogP contribution in [0.2, 0.25) is 0 Å². The Morgan fingerprint density at radius 2 is 2.40 bits per heavy atom. The normalized spacial score (nSPS) is 13.5. The second kappa shape index (κ2) is 3.14. The molecule has 0 saturated carbocycles. The molecule has 1 rings (SSSR count). The molecular formula is C7H12N2S. The van der Waals surface area contributed by atoms with Crippen molar-refractivity contribution in [1.82, 2.24) is 5.32 Å². The number of hydrogen-bond donors (Lipinski definition) is 2. The van der Waals surface area contributed by atoms with Crippen LogP contribution in [0, 0.1) is 6.92 Å². The first kappa shape index (κ1) is 7.72. The topological polar surface area (TPSA) is 38.0 Å². The maximum atomic E-state index is 5.74. The SMILES string of the molecule is CNC(N)c1sccc1C. The molecule has 0 fully saturated rings. The van der Waals surface area contributed by atoms with Gasteiger partial charge in [-0.1, -0.05) is 0 Å².